The van der Waals surface area contributed by atoms with E-state index in [1.54, 1.807) is 30.3 Å². The fraction of sp³-hybridized carbons (Fsp3) is 0.400. The number of piperidine rings is 1. The Hall–Kier alpha value is -2.05. The van der Waals surface area contributed by atoms with Gasteiger partial charge in [0, 0.05) is 18.3 Å². The number of nitrogens with one attached hydrogen (secondary N) is 1. The number of ether oxygens (including phenoxy) is 1. The molecule has 138 valence electrons. The fourth-order valence-electron chi connectivity index (χ4n) is 3.97. The van der Waals surface area contributed by atoms with Crippen molar-refractivity contribution in [2.24, 2.45) is 0 Å². The first-order valence-electron chi connectivity index (χ1n) is 9.09. The minimum Gasteiger partial charge on any atom is -0.497 e. The van der Waals surface area contributed by atoms with E-state index in [1.807, 2.05) is 12.1 Å². The standard InChI is InChI=1S/C20H24N2O3S/c1-25-17-3-2-4-18(14-17)26(23,24)19-5-6-20-15(13-19)9-12-22(20)16-7-10-21-11-8-16/h2-6,13-14,16,21H,7-12H2,1H3. The SMILES string of the molecule is COc1cccc(S(=O)(=O)c2ccc3c(c2)CCN3C2CCNCC2)c1. The average Bonchev–Trinajstić information content (AvgIpc) is 3.12. The van der Waals surface area contributed by atoms with Crippen molar-refractivity contribution in [3.05, 3.63) is 48.0 Å². The number of methoxy groups -OCH3 is 1. The molecule has 4 rings (SSSR count). The van der Waals surface area contributed by atoms with E-state index in [9.17, 15) is 8.42 Å². The summed E-state index contributed by atoms with van der Waals surface area (Å²) in [7, 11) is -2.01. The van der Waals surface area contributed by atoms with E-state index in [1.165, 1.54) is 12.8 Å². The number of hydrogen-bond acceptors (Lipinski definition) is 5. The first-order chi connectivity index (χ1) is 12.6. The predicted molar refractivity (Wildman–Crippen MR) is 102 cm³/mol. The van der Waals surface area contributed by atoms with Crippen LogP contribution in [0.1, 0.15) is 18.4 Å². The highest BCUT2D eigenvalue weighted by atomic mass is 32.2. The van der Waals surface area contributed by atoms with Gasteiger partial charge in [-0.25, -0.2) is 8.42 Å². The number of anilines is 1. The Morgan fingerprint density at radius 3 is 2.62 bits per heavy atom. The second-order valence-corrected chi connectivity index (χ2v) is 8.85. The molecule has 2 aliphatic rings. The zero-order chi connectivity index (χ0) is 18.1. The van der Waals surface area contributed by atoms with Gasteiger partial charge in [0.15, 0.2) is 0 Å². The fourth-order valence-corrected chi connectivity index (χ4v) is 5.32. The summed E-state index contributed by atoms with van der Waals surface area (Å²) in [6.45, 7) is 3.08. The van der Waals surface area contributed by atoms with Crippen LogP contribution >= 0.6 is 0 Å². The molecule has 0 aromatic heterocycles. The molecule has 0 radical (unpaired) electrons. The van der Waals surface area contributed by atoms with E-state index < -0.39 is 9.84 Å². The van der Waals surface area contributed by atoms with E-state index in [0.717, 1.165) is 44.5 Å². The van der Waals surface area contributed by atoms with Crippen LogP contribution in [-0.2, 0) is 16.3 Å². The van der Waals surface area contributed by atoms with Gasteiger partial charge < -0.3 is 15.0 Å². The number of fused-ring (bicyclic) bond motifs is 1. The van der Waals surface area contributed by atoms with Crippen LogP contribution in [0.15, 0.2) is 52.3 Å². The molecule has 0 atom stereocenters. The molecule has 6 heteroatoms. The molecule has 1 fully saturated rings. The number of sulfone groups is 1. The molecule has 0 spiro atoms. The van der Waals surface area contributed by atoms with Gasteiger partial charge in [-0.1, -0.05) is 6.07 Å². The van der Waals surface area contributed by atoms with E-state index >= 15 is 0 Å². The lowest BCUT2D eigenvalue weighted by Gasteiger charge is -2.33. The van der Waals surface area contributed by atoms with Gasteiger partial charge in [-0.05, 0) is 74.3 Å². The van der Waals surface area contributed by atoms with Crippen molar-refractivity contribution < 1.29 is 13.2 Å². The Balaban J connectivity index is 1.65. The third-order valence-electron chi connectivity index (χ3n) is 5.39. The topological polar surface area (TPSA) is 58.6 Å². The van der Waals surface area contributed by atoms with Gasteiger partial charge in [-0.3, -0.25) is 0 Å². The highest BCUT2D eigenvalue weighted by molar-refractivity contribution is 7.91. The Kier molecular flexibility index (Phi) is 4.63. The lowest BCUT2D eigenvalue weighted by molar-refractivity contribution is 0.413. The Morgan fingerprint density at radius 2 is 1.85 bits per heavy atom. The van der Waals surface area contributed by atoms with Crippen LogP contribution in [-0.4, -0.2) is 41.2 Å². The van der Waals surface area contributed by atoms with Gasteiger partial charge in [-0.15, -0.1) is 0 Å². The number of benzene rings is 2. The van der Waals surface area contributed by atoms with Crippen molar-refractivity contribution in [3.8, 4) is 5.75 Å². The van der Waals surface area contributed by atoms with Crippen LogP contribution in [0, 0.1) is 0 Å². The Bertz CT molecular complexity index is 905. The summed E-state index contributed by atoms with van der Waals surface area (Å²) in [5.74, 6) is 0.546. The molecule has 2 aromatic carbocycles. The van der Waals surface area contributed by atoms with E-state index in [2.05, 4.69) is 10.2 Å². The van der Waals surface area contributed by atoms with Gasteiger partial charge >= 0.3 is 0 Å². The lowest BCUT2D eigenvalue weighted by Crippen LogP contribution is -2.42. The van der Waals surface area contributed by atoms with Crippen molar-refractivity contribution in [2.75, 3.05) is 31.6 Å². The lowest BCUT2D eigenvalue weighted by atomic mass is 10.0. The highest BCUT2D eigenvalue weighted by Gasteiger charge is 2.29. The summed E-state index contributed by atoms with van der Waals surface area (Å²) in [6.07, 6.45) is 3.19. The van der Waals surface area contributed by atoms with Crippen LogP contribution in [0.2, 0.25) is 0 Å². The zero-order valence-electron chi connectivity index (χ0n) is 14.9. The van der Waals surface area contributed by atoms with Crippen LogP contribution in [0.25, 0.3) is 0 Å². The summed E-state index contributed by atoms with van der Waals surface area (Å²) in [4.78, 5) is 3.08. The quantitative estimate of drug-likeness (QED) is 0.894. The van der Waals surface area contributed by atoms with Gasteiger partial charge in [0.2, 0.25) is 9.84 Å². The van der Waals surface area contributed by atoms with Crippen LogP contribution in [0.5, 0.6) is 5.75 Å². The van der Waals surface area contributed by atoms with Crippen LogP contribution < -0.4 is 15.0 Å². The van der Waals surface area contributed by atoms with Crippen molar-refractivity contribution in [1.82, 2.24) is 5.32 Å². The second kappa shape index (κ2) is 6.93. The molecule has 5 nitrogen and oxygen atoms in total. The normalized spacial score (nSPS) is 18.0. The maximum atomic E-state index is 13.0. The second-order valence-electron chi connectivity index (χ2n) is 6.90. The highest BCUT2D eigenvalue weighted by Crippen LogP contribution is 2.35. The zero-order valence-corrected chi connectivity index (χ0v) is 15.8. The first kappa shape index (κ1) is 17.4. The molecular weight excluding hydrogens is 348 g/mol. The Morgan fingerprint density at radius 1 is 1.08 bits per heavy atom. The smallest absolute Gasteiger partial charge is 0.206 e. The van der Waals surface area contributed by atoms with Crippen LogP contribution in [0.3, 0.4) is 0 Å². The third-order valence-corrected chi connectivity index (χ3v) is 7.14. The average molecular weight is 372 g/mol. The predicted octanol–water partition coefficient (Wildman–Crippen LogP) is 2.64. The molecular formula is C20H24N2O3S. The van der Waals surface area contributed by atoms with Gasteiger partial charge in [-0.2, -0.15) is 0 Å². The van der Waals surface area contributed by atoms with Crippen molar-refractivity contribution in [1.29, 1.82) is 0 Å². The maximum Gasteiger partial charge on any atom is 0.206 e. The molecule has 0 unspecified atom stereocenters. The summed E-state index contributed by atoms with van der Waals surface area (Å²) in [5.41, 5.74) is 2.33. The van der Waals surface area contributed by atoms with Gasteiger partial charge in [0.1, 0.15) is 5.75 Å². The molecule has 0 saturated carbocycles. The Labute approximate surface area is 154 Å². The number of hydrogen-bond donors (Lipinski definition) is 1. The minimum absolute atomic E-state index is 0.269. The molecule has 2 aliphatic heterocycles. The third kappa shape index (κ3) is 3.08. The van der Waals surface area contributed by atoms with E-state index in [4.69, 9.17) is 4.74 Å². The van der Waals surface area contributed by atoms with Gasteiger partial charge in [0.25, 0.3) is 0 Å². The molecule has 26 heavy (non-hydrogen) atoms. The largest absolute Gasteiger partial charge is 0.497 e. The summed E-state index contributed by atoms with van der Waals surface area (Å²) in [5, 5.41) is 3.40. The van der Waals surface area contributed by atoms with E-state index in [-0.39, 0.29) is 4.90 Å². The minimum atomic E-state index is -3.54. The van der Waals surface area contributed by atoms with Crippen molar-refractivity contribution in [3.63, 3.8) is 0 Å². The van der Waals surface area contributed by atoms with Gasteiger partial charge in [0.05, 0.1) is 16.9 Å². The molecule has 0 aliphatic carbocycles. The summed E-state index contributed by atoms with van der Waals surface area (Å²) >= 11 is 0. The maximum absolute atomic E-state index is 13.0. The van der Waals surface area contributed by atoms with Crippen LogP contribution in [0.4, 0.5) is 5.69 Å². The molecule has 2 heterocycles. The monoisotopic (exact) mass is 372 g/mol. The number of rotatable bonds is 4. The molecule has 2 aromatic rings. The van der Waals surface area contributed by atoms with Crippen molar-refractivity contribution in [2.45, 2.75) is 35.1 Å². The summed E-state index contributed by atoms with van der Waals surface area (Å²) < 4.78 is 31.2. The van der Waals surface area contributed by atoms with E-state index in [0.29, 0.717) is 16.7 Å². The first-order valence-corrected chi connectivity index (χ1v) is 10.6. The molecule has 0 bridgehead atoms. The van der Waals surface area contributed by atoms with Crippen molar-refractivity contribution >= 4 is 15.5 Å². The molecule has 1 saturated heterocycles. The number of nitrogens with zero attached hydrogens (tertiary/aromatic N) is 1. The summed E-state index contributed by atoms with van der Waals surface area (Å²) in [6, 6.07) is 12.8. The molecule has 0 amide bonds. The molecule has 1 N–H and O–H groups in total.